The van der Waals surface area contributed by atoms with Crippen molar-refractivity contribution in [1.29, 1.82) is 0 Å². The number of amides is 1. The van der Waals surface area contributed by atoms with Crippen LogP contribution < -0.4 is 16.0 Å². The highest BCUT2D eigenvalue weighted by Gasteiger charge is 2.13. The summed E-state index contributed by atoms with van der Waals surface area (Å²) in [4.78, 5) is 16.2. The summed E-state index contributed by atoms with van der Waals surface area (Å²) in [7, 11) is 0. The molecule has 0 spiro atoms. The lowest BCUT2D eigenvalue weighted by Crippen LogP contribution is -2.43. The van der Waals surface area contributed by atoms with Gasteiger partial charge in [0.2, 0.25) is 5.91 Å². The molecule has 25 heavy (non-hydrogen) atoms. The van der Waals surface area contributed by atoms with Crippen LogP contribution in [0.4, 0.5) is 0 Å². The van der Waals surface area contributed by atoms with Gasteiger partial charge < -0.3 is 16.0 Å². The zero-order chi connectivity index (χ0) is 18.0. The Bertz CT molecular complexity index is 526. The zero-order valence-electron chi connectivity index (χ0n) is 16.1. The average molecular weight is 460 g/mol. The Morgan fingerprint density at radius 1 is 1.16 bits per heavy atom. The summed E-state index contributed by atoms with van der Waals surface area (Å²) >= 11 is 0. The smallest absolute Gasteiger partial charge is 0.242 e. The van der Waals surface area contributed by atoms with E-state index in [0.29, 0.717) is 11.9 Å². The van der Waals surface area contributed by atoms with Crippen LogP contribution in [0.3, 0.4) is 0 Å². The lowest BCUT2D eigenvalue weighted by Gasteiger charge is -2.20. The molecule has 0 aromatic heterocycles. The number of rotatable bonds is 7. The molecule has 1 rings (SSSR count). The van der Waals surface area contributed by atoms with E-state index in [1.54, 1.807) is 0 Å². The molecule has 0 aliphatic rings. The molecule has 0 heterocycles. The zero-order valence-corrected chi connectivity index (χ0v) is 18.4. The molecule has 0 fully saturated rings. The number of nitrogens with zero attached hydrogens (tertiary/aromatic N) is 1. The number of hydrogen-bond acceptors (Lipinski definition) is 2. The van der Waals surface area contributed by atoms with Gasteiger partial charge in [-0.05, 0) is 45.6 Å². The third-order valence-corrected chi connectivity index (χ3v) is 3.48. The second-order valence-electron chi connectivity index (χ2n) is 7.02. The minimum absolute atomic E-state index is 0. The predicted octanol–water partition coefficient (Wildman–Crippen LogP) is 3.27. The average Bonchev–Trinajstić information content (AvgIpc) is 2.51. The van der Waals surface area contributed by atoms with Crippen molar-refractivity contribution in [1.82, 2.24) is 16.0 Å². The number of guanidine groups is 1. The summed E-state index contributed by atoms with van der Waals surface area (Å²) in [5.41, 5.74) is 1.11. The Kier molecular flexibility index (Phi) is 11.5. The lowest BCUT2D eigenvalue weighted by atomic mass is 9.98. The van der Waals surface area contributed by atoms with Crippen LogP contribution in [0.15, 0.2) is 35.3 Å². The Morgan fingerprint density at radius 3 is 2.36 bits per heavy atom. The first-order chi connectivity index (χ1) is 11.3. The van der Waals surface area contributed by atoms with E-state index in [2.05, 4.69) is 52.1 Å². The van der Waals surface area contributed by atoms with E-state index < -0.39 is 0 Å². The molecule has 1 amide bonds. The minimum Gasteiger partial charge on any atom is -0.357 e. The van der Waals surface area contributed by atoms with Crippen molar-refractivity contribution in [2.45, 2.75) is 52.5 Å². The van der Waals surface area contributed by atoms with Crippen LogP contribution in [0.25, 0.3) is 0 Å². The van der Waals surface area contributed by atoms with Crippen LogP contribution in [-0.4, -0.2) is 37.0 Å². The van der Waals surface area contributed by atoms with Crippen molar-refractivity contribution in [3.8, 4) is 0 Å². The minimum atomic E-state index is -0.233. The predicted molar refractivity (Wildman–Crippen MR) is 117 cm³/mol. The molecule has 3 N–H and O–H groups in total. The molecule has 0 bridgehead atoms. The number of hydrogen-bond donors (Lipinski definition) is 3. The number of carbonyl (C=O) groups excluding carboxylic acids is 1. The molecular weight excluding hydrogens is 427 g/mol. The Labute approximate surface area is 169 Å². The number of carbonyl (C=O) groups is 1. The molecule has 142 valence electrons. The van der Waals surface area contributed by atoms with Crippen molar-refractivity contribution in [2.24, 2.45) is 4.99 Å². The van der Waals surface area contributed by atoms with Crippen molar-refractivity contribution in [2.75, 3.05) is 19.6 Å². The topological polar surface area (TPSA) is 65.5 Å². The van der Waals surface area contributed by atoms with Gasteiger partial charge in [0.15, 0.2) is 5.96 Å². The summed E-state index contributed by atoms with van der Waals surface area (Å²) in [6.07, 6.45) is 1.00. The fraction of sp³-hybridized carbons (Fsp3) is 0.579. The SMILES string of the molecule is CCNC(=NCC(=O)NC(C)(C)C)NCCC(C)c1ccccc1.I. The summed E-state index contributed by atoms with van der Waals surface area (Å²) in [6.45, 7) is 11.8. The summed E-state index contributed by atoms with van der Waals surface area (Å²) in [6, 6.07) is 10.5. The van der Waals surface area contributed by atoms with Crippen LogP contribution in [-0.2, 0) is 4.79 Å². The van der Waals surface area contributed by atoms with Crippen molar-refractivity contribution < 1.29 is 4.79 Å². The standard InChI is InChI=1S/C19H32N4O.HI/c1-6-20-18(22-14-17(24)23-19(3,4)5)21-13-12-15(2)16-10-8-7-9-11-16;/h7-11,15H,6,12-14H2,1-5H3,(H,23,24)(H2,20,21,22);1H. The number of aliphatic imine (C=N–C) groups is 1. The van der Waals surface area contributed by atoms with E-state index in [0.717, 1.165) is 19.5 Å². The van der Waals surface area contributed by atoms with Gasteiger partial charge in [-0.25, -0.2) is 4.99 Å². The Balaban J connectivity index is 0.00000576. The van der Waals surface area contributed by atoms with Crippen LogP contribution in [0.1, 0.15) is 52.5 Å². The molecule has 1 atom stereocenters. The highest BCUT2D eigenvalue weighted by atomic mass is 127. The van der Waals surface area contributed by atoms with Crippen molar-refractivity contribution >= 4 is 35.8 Å². The van der Waals surface area contributed by atoms with Gasteiger partial charge in [0.05, 0.1) is 0 Å². The molecule has 1 aromatic rings. The number of nitrogens with one attached hydrogen (secondary N) is 3. The van der Waals surface area contributed by atoms with Crippen molar-refractivity contribution in [3.05, 3.63) is 35.9 Å². The quantitative estimate of drug-likeness (QED) is 0.333. The van der Waals surface area contributed by atoms with Crippen LogP contribution in [0.5, 0.6) is 0 Å². The molecule has 0 aliphatic carbocycles. The van der Waals surface area contributed by atoms with Gasteiger partial charge in [-0.1, -0.05) is 37.3 Å². The maximum absolute atomic E-state index is 11.9. The molecule has 0 radical (unpaired) electrons. The largest absolute Gasteiger partial charge is 0.357 e. The van der Waals surface area contributed by atoms with E-state index in [1.165, 1.54) is 5.56 Å². The molecule has 6 heteroatoms. The fourth-order valence-corrected chi connectivity index (χ4v) is 2.31. The molecule has 5 nitrogen and oxygen atoms in total. The second-order valence-corrected chi connectivity index (χ2v) is 7.02. The monoisotopic (exact) mass is 460 g/mol. The fourth-order valence-electron chi connectivity index (χ4n) is 2.31. The van der Waals surface area contributed by atoms with Crippen LogP contribution >= 0.6 is 24.0 Å². The molecule has 1 aromatic carbocycles. The van der Waals surface area contributed by atoms with Crippen LogP contribution in [0, 0.1) is 0 Å². The maximum atomic E-state index is 11.9. The highest BCUT2D eigenvalue weighted by Crippen LogP contribution is 2.17. The van der Waals surface area contributed by atoms with Crippen molar-refractivity contribution in [3.63, 3.8) is 0 Å². The lowest BCUT2D eigenvalue weighted by molar-refractivity contribution is -0.121. The molecule has 1 unspecified atom stereocenters. The molecule has 0 saturated carbocycles. The van der Waals surface area contributed by atoms with E-state index in [4.69, 9.17) is 0 Å². The first-order valence-corrected chi connectivity index (χ1v) is 8.70. The van der Waals surface area contributed by atoms with Gasteiger partial charge in [-0.15, -0.1) is 24.0 Å². The van der Waals surface area contributed by atoms with Gasteiger partial charge in [-0.3, -0.25) is 4.79 Å². The molecule has 0 saturated heterocycles. The van der Waals surface area contributed by atoms with E-state index in [-0.39, 0.29) is 42.0 Å². The Hall–Kier alpha value is -1.31. The second kappa shape index (κ2) is 12.1. The van der Waals surface area contributed by atoms with Crippen LogP contribution in [0.2, 0.25) is 0 Å². The maximum Gasteiger partial charge on any atom is 0.242 e. The van der Waals surface area contributed by atoms with E-state index in [9.17, 15) is 4.79 Å². The summed E-state index contributed by atoms with van der Waals surface area (Å²) < 4.78 is 0. The first kappa shape index (κ1) is 23.7. The van der Waals surface area contributed by atoms with Gasteiger partial charge in [0.25, 0.3) is 0 Å². The normalized spacial score (nSPS) is 12.8. The highest BCUT2D eigenvalue weighted by molar-refractivity contribution is 14.0. The van der Waals surface area contributed by atoms with Gasteiger partial charge in [-0.2, -0.15) is 0 Å². The van der Waals surface area contributed by atoms with Gasteiger partial charge in [0.1, 0.15) is 6.54 Å². The molecular formula is C19H33IN4O. The Morgan fingerprint density at radius 2 is 1.80 bits per heavy atom. The molecule has 0 aliphatic heterocycles. The summed E-state index contributed by atoms with van der Waals surface area (Å²) in [5, 5.41) is 9.38. The van der Waals surface area contributed by atoms with Gasteiger partial charge in [0, 0.05) is 18.6 Å². The third-order valence-electron chi connectivity index (χ3n) is 3.48. The van der Waals surface area contributed by atoms with Gasteiger partial charge >= 0.3 is 0 Å². The van der Waals surface area contributed by atoms with E-state index in [1.807, 2.05) is 33.8 Å². The van der Waals surface area contributed by atoms with E-state index >= 15 is 0 Å². The summed E-state index contributed by atoms with van der Waals surface area (Å²) in [5.74, 6) is 1.09. The number of benzene rings is 1. The first-order valence-electron chi connectivity index (χ1n) is 8.70. The third kappa shape index (κ3) is 11.0. The number of halogens is 1.